The van der Waals surface area contributed by atoms with E-state index in [1.54, 1.807) is 38.7 Å². The topological polar surface area (TPSA) is 145 Å². The van der Waals surface area contributed by atoms with E-state index in [0.29, 0.717) is 70.4 Å². The molecule has 12 nitrogen and oxygen atoms in total. The number of nitrogens with zero attached hydrogens (tertiary/aromatic N) is 6. The molecule has 1 aliphatic heterocycles. The summed E-state index contributed by atoms with van der Waals surface area (Å²) in [5.41, 5.74) is 5.08. The predicted octanol–water partition coefficient (Wildman–Crippen LogP) is 9.23. The van der Waals surface area contributed by atoms with Gasteiger partial charge in [-0.15, -0.1) is 0 Å². The number of hydrogen-bond donors (Lipinski definition) is 2. The lowest BCUT2D eigenvalue weighted by molar-refractivity contribution is -0.138. The van der Waals surface area contributed by atoms with Gasteiger partial charge in [-0.2, -0.15) is 18.3 Å². The molecular weight excluding hydrogens is 803 g/mol. The summed E-state index contributed by atoms with van der Waals surface area (Å²) in [6.45, 7) is 11.6. The Hall–Kier alpha value is -5.57. The molecule has 0 aliphatic carbocycles. The molecule has 60 heavy (non-hydrogen) atoms. The fourth-order valence-corrected chi connectivity index (χ4v) is 8.91. The van der Waals surface area contributed by atoms with Crippen LogP contribution in [0.2, 0.25) is 0 Å². The number of aromatic nitrogens is 5. The zero-order valence-electron chi connectivity index (χ0n) is 34.2. The van der Waals surface area contributed by atoms with Crippen molar-refractivity contribution >= 4 is 30.6 Å². The average Bonchev–Trinajstić information content (AvgIpc) is 3.78. The molecule has 3 aromatic carbocycles. The minimum absolute atomic E-state index is 0.0468. The summed E-state index contributed by atoms with van der Waals surface area (Å²) in [6, 6.07) is 12.4. The van der Waals surface area contributed by atoms with Gasteiger partial charge in [0.05, 0.1) is 29.7 Å². The number of rotatable bonds is 11. The highest BCUT2D eigenvalue weighted by atomic mass is 31.2. The maximum atomic E-state index is 16.6. The number of halogens is 4. The van der Waals surface area contributed by atoms with Crippen LogP contribution in [0.25, 0.3) is 27.8 Å². The molecule has 0 atom stereocenters. The number of fused-ring (bicyclic) bond motifs is 2. The van der Waals surface area contributed by atoms with Gasteiger partial charge in [0.1, 0.15) is 11.3 Å². The first-order chi connectivity index (χ1) is 28.3. The number of phosphoric acid groups is 1. The molecule has 0 spiro atoms. The second-order valence-electron chi connectivity index (χ2n) is 15.6. The van der Waals surface area contributed by atoms with Crippen molar-refractivity contribution in [1.29, 1.82) is 0 Å². The Labute approximate surface area is 344 Å². The number of para-hydroxylation sites is 1. The van der Waals surface area contributed by atoms with Gasteiger partial charge in [-0.1, -0.05) is 52.0 Å². The van der Waals surface area contributed by atoms with E-state index < -0.39 is 36.7 Å². The van der Waals surface area contributed by atoms with Gasteiger partial charge in [-0.25, -0.2) is 23.6 Å². The Balaban J connectivity index is 1.40. The molecule has 0 amide bonds. The van der Waals surface area contributed by atoms with Crippen LogP contribution in [-0.2, 0) is 42.0 Å². The Kier molecular flexibility index (Phi) is 11.2. The number of phosphoric ester groups is 1. The first-order valence-electron chi connectivity index (χ1n) is 19.4. The second-order valence-corrected chi connectivity index (χ2v) is 16.8. The Bertz CT molecular complexity index is 2660. The van der Waals surface area contributed by atoms with Crippen LogP contribution in [0.4, 0.5) is 23.5 Å². The molecule has 4 heterocycles. The van der Waals surface area contributed by atoms with E-state index in [0.717, 1.165) is 29.2 Å². The van der Waals surface area contributed by atoms with Gasteiger partial charge < -0.3 is 14.2 Å². The molecule has 17 heteroatoms. The molecule has 3 aromatic heterocycles. The summed E-state index contributed by atoms with van der Waals surface area (Å²) < 4.78 is 82.8. The number of anilines is 1. The van der Waals surface area contributed by atoms with Gasteiger partial charge in [0.2, 0.25) is 11.9 Å². The Morgan fingerprint density at radius 3 is 2.27 bits per heavy atom. The van der Waals surface area contributed by atoms with E-state index in [1.807, 2.05) is 42.8 Å². The third-order valence-corrected chi connectivity index (χ3v) is 11.4. The SMILES string of the molecule is CCc1cccc(CC)c1-n1nc2c(c1-c1cc(F)c(OC)c3c1ccn3C(=O)CC(C)(C)c1c(C)cc(C)cc1OP(=O)(O)O)CN(c1ncc(C(F)(F)F)cn1)CC2. The summed E-state index contributed by atoms with van der Waals surface area (Å²) >= 11 is 0. The molecule has 0 fully saturated rings. The van der Waals surface area contributed by atoms with Crippen molar-refractivity contribution in [3.63, 3.8) is 0 Å². The summed E-state index contributed by atoms with van der Waals surface area (Å²) in [4.78, 5) is 43.9. The zero-order chi connectivity index (χ0) is 43.5. The average molecular weight is 849 g/mol. The molecule has 1 aliphatic rings. The highest BCUT2D eigenvalue weighted by Crippen LogP contribution is 2.47. The zero-order valence-corrected chi connectivity index (χ0v) is 35.1. The Morgan fingerprint density at radius 1 is 1.00 bits per heavy atom. The summed E-state index contributed by atoms with van der Waals surface area (Å²) in [6.07, 6.45) is -0.0445. The summed E-state index contributed by atoms with van der Waals surface area (Å²) in [5.74, 6) is -1.34. The number of carbonyl (C=O) groups excluding carboxylic acids is 1. The molecule has 2 N–H and O–H groups in total. The molecule has 0 radical (unpaired) electrons. The van der Waals surface area contributed by atoms with Crippen LogP contribution in [0.5, 0.6) is 11.5 Å². The molecular formula is C43H45F4N6O6P. The third kappa shape index (κ3) is 7.91. The van der Waals surface area contributed by atoms with Crippen molar-refractivity contribution < 1.29 is 46.0 Å². The lowest BCUT2D eigenvalue weighted by Crippen LogP contribution is -2.31. The maximum absolute atomic E-state index is 16.6. The molecule has 0 saturated heterocycles. The minimum Gasteiger partial charge on any atom is -0.492 e. The Morgan fingerprint density at radius 2 is 1.67 bits per heavy atom. The van der Waals surface area contributed by atoms with E-state index >= 15 is 4.39 Å². The van der Waals surface area contributed by atoms with E-state index in [1.165, 1.54) is 30.0 Å². The monoisotopic (exact) mass is 848 g/mol. The van der Waals surface area contributed by atoms with Gasteiger partial charge >= 0.3 is 14.0 Å². The summed E-state index contributed by atoms with van der Waals surface area (Å²) in [5, 5.41) is 5.61. The van der Waals surface area contributed by atoms with Crippen LogP contribution in [0, 0.1) is 19.7 Å². The van der Waals surface area contributed by atoms with Crippen molar-refractivity contribution in [1.82, 2.24) is 24.3 Å². The van der Waals surface area contributed by atoms with Crippen molar-refractivity contribution in [2.45, 2.75) is 85.4 Å². The van der Waals surface area contributed by atoms with E-state index in [2.05, 4.69) is 9.97 Å². The first-order valence-corrected chi connectivity index (χ1v) is 20.9. The first kappa shape index (κ1) is 42.6. The van der Waals surface area contributed by atoms with Crippen molar-refractivity contribution in [3.8, 4) is 28.4 Å². The van der Waals surface area contributed by atoms with Crippen molar-refractivity contribution in [2.75, 3.05) is 18.6 Å². The fraction of sp³-hybridized carbons (Fsp3) is 0.349. The third-order valence-electron chi connectivity index (χ3n) is 11.0. The quantitative estimate of drug-likeness (QED) is 0.0957. The maximum Gasteiger partial charge on any atom is 0.524 e. The van der Waals surface area contributed by atoms with Crippen LogP contribution >= 0.6 is 7.82 Å². The number of ether oxygens (including phenoxy) is 1. The van der Waals surface area contributed by atoms with Crippen LogP contribution in [0.15, 0.2) is 61.1 Å². The standard InChI is InChI=1S/C43H45F4N6O6P/c1-8-26-11-10-12-27(9-2)37(26)53-38(31-23-51(15-14-33(31)50-53)41-48-21-28(22-49-41)43(45,46)47)30-19-32(44)40(58-7)39-29(30)13-16-52(39)35(54)20-42(5,6)36-25(4)17-24(3)18-34(36)59-60(55,56)57/h10-13,16-19,21-22H,8-9,14-15,20,23H2,1-7H3,(H2,55,56,57). The van der Waals surface area contributed by atoms with Gasteiger partial charge in [0.15, 0.2) is 11.6 Å². The van der Waals surface area contributed by atoms with Crippen LogP contribution in [-0.4, -0.2) is 53.7 Å². The van der Waals surface area contributed by atoms with Crippen molar-refractivity contribution in [2.24, 2.45) is 0 Å². The van der Waals surface area contributed by atoms with Gasteiger partial charge in [0.25, 0.3) is 0 Å². The largest absolute Gasteiger partial charge is 0.524 e. The van der Waals surface area contributed by atoms with Gasteiger partial charge in [-0.3, -0.25) is 19.1 Å². The minimum atomic E-state index is -4.97. The predicted molar refractivity (Wildman–Crippen MR) is 218 cm³/mol. The normalized spacial score (nSPS) is 13.5. The van der Waals surface area contributed by atoms with Crippen LogP contribution < -0.4 is 14.2 Å². The summed E-state index contributed by atoms with van der Waals surface area (Å²) in [7, 11) is -3.66. The molecule has 0 unspecified atom stereocenters. The number of methoxy groups -OCH3 is 1. The smallest absolute Gasteiger partial charge is 0.492 e. The number of carbonyl (C=O) groups is 1. The van der Waals surface area contributed by atoms with E-state index in [-0.39, 0.29) is 35.9 Å². The van der Waals surface area contributed by atoms with E-state index in [9.17, 15) is 32.3 Å². The van der Waals surface area contributed by atoms with Gasteiger partial charge in [-0.05, 0) is 67.1 Å². The van der Waals surface area contributed by atoms with Crippen molar-refractivity contribution in [3.05, 3.63) is 112 Å². The molecule has 0 bridgehead atoms. The molecule has 316 valence electrons. The molecule has 7 rings (SSSR count). The number of alkyl halides is 3. The number of aryl methyl sites for hydroxylation is 4. The molecule has 6 aromatic rings. The second kappa shape index (κ2) is 15.8. The lowest BCUT2D eigenvalue weighted by atomic mass is 9.78. The fourth-order valence-electron chi connectivity index (χ4n) is 8.51. The highest BCUT2D eigenvalue weighted by molar-refractivity contribution is 7.46. The number of hydrogen-bond acceptors (Lipinski definition) is 8. The van der Waals surface area contributed by atoms with Crippen LogP contribution in [0.3, 0.4) is 0 Å². The highest BCUT2D eigenvalue weighted by Gasteiger charge is 2.36. The number of benzene rings is 3. The molecule has 0 saturated carbocycles. The van der Waals surface area contributed by atoms with E-state index in [4.69, 9.17) is 14.4 Å². The van der Waals surface area contributed by atoms with Gasteiger partial charge in [0, 0.05) is 72.0 Å². The van der Waals surface area contributed by atoms with Crippen LogP contribution in [0.1, 0.15) is 83.5 Å². The lowest BCUT2D eigenvalue weighted by Gasteiger charge is -2.29.